The molecule has 170 valence electrons. The number of piperazine rings is 1. The van der Waals surface area contributed by atoms with E-state index in [2.05, 4.69) is 57.6 Å². The molecular formula is C24H37N5OS. The Balaban J connectivity index is 1.31. The zero-order valence-electron chi connectivity index (χ0n) is 19.1. The standard InChI is InChI=1S/C24H37N5OS/c1-3-4-5-6-7-8-23(30)25-13-14-28-15-17-29(18-16-28)24-26-22(27-31-24)19-21-11-9-20(2)10-12-21/h9-12H,3-8,13-19H2,1-2H3,(H,25,30). The number of rotatable bonds is 12. The van der Waals surface area contributed by atoms with Gasteiger partial charge in [0.05, 0.1) is 0 Å². The van der Waals surface area contributed by atoms with Gasteiger partial charge in [0.1, 0.15) is 5.82 Å². The Kier molecular flexibility index (Phi) is 9.75. The summed E-state index contributed by atoms with van der Waals surface area (Å²) in [6, 6.07) is 8.58. The summed E-state index contributed by atoms with van der Waals surface area (Å²) in [7, 11) is 0. The number of aryl methyl sites for hydroxylation is 1. The first kappa shape index (κ1) is 23.7. The van der Waals surface area contributed by atoms with Crippen molar-refractivity contribution in [1.82, 2.24) is 19.6 Å². The van der Waals surface area contributed by atoms with Crippen molar-refractivity contribution in [1.29, 1.82) is 0 Å². The maximum absolute atomic E-state index is 12.0. The van der Waals surface area contributed by atoms with E-state index in [9.17, 15) is 4.79 Å². The van der Waals surface area contributed by atoms with Crippen molar-refractivity contribution in [3.8, 4) is 0 Å². The van der Waals surface area contributed by atoms with E-state index in [1.165, 1.54) is 48.3 Å². The van der Waals surface area contributed by atoms with E-state index in [0.717, 1.165) is 63.1 Å². The molecule has 7 heteroatoms. The van der Waals surface area contributed by atoms with Gasteiger partial charge in [0.2, 0.25) is 11.0 Å². The zero-order chi connectivity index (χ0) is 21.9. The van der Waals surface area contributed by atoms with Crippen LogP contribution in [0.3, 0.4) is 0 Å². The number of amides is 1. The zero-order valence-corrected chi connectivity index (χ0v) is 19.9. The number of carbonyl (C=O) groups is 1. The molecule has 0 atom stereocenters. The SMILES string of the molecule is CCCCCCCC(=O)NCCN1CCN(c2nc(Cc3ccc(C)cc3)ns2)CC1. The molecule has 1 aliphatic heterocycles. The van der Waals surface area contributed by atoms with Crippen molar-refractivity contribution < 1.29 is 4.79 Å². The highest BCUT2D eigenvalue weighted by molar-refractivity contribution is 7.09. The van der Waals surface area contributed by atoms with Crippen molar-refractivity contribution in [2.45, 2.75) is 58.8 Å². The third kappa shape index (κ3) is 8.22. The van der Waals surface area contributed by atoms with Gasteiger partial charge < -0.3 is 10.2 Å². The Morgan fingerprint density at radius 2 is 1.81 bits per heavy atom. The molecular weight excluding hydrogens is 406 g/mol. The number of anilines is 1. The lowest BCUT2D eigenvalue weighted by atomic mass is 10.1. The normalized spacial score (nSPS) is 14.7. The summed E-state index contributed by atoms with van der Waals surface area (Å²) in [5.74, 6) is 1.11. The summed E-state index contributed by atoms with van der Waals surface area (Å²) in [6.07, 6.45) is 7.40. The topological polar surface area (TPSA) is 61.4 Å². The minimum atomic E-state index is 0.199. The number of hydrogen-bond acceptors (Lipinski definition) is 6. The Labute approximate surface area is 191 Å². The largest absolute Gasteiger partial charge is 0.355 e. The van der Waals surface area contributed by atoms with Gasteiger partial charge in [0.15, 0.2) is 0 Å². The number of benzene rings is 1. The van der Waals surface area contributed by atoms with Crippen molar-refractivity contribution in [3.05, 3.63) is 41.2 Å². The summed E-state index contributed by atoms with van der Waals surface area (Å²) >= 11 is 1.50. The van der Waals surface area contributed by atoms with Gasteiger partial charge in [-0.15, -0.1) is 0 Å². The molecule has 1 aliphatic rings. The van der Waals surface area contributed by atoms with E-state index in [0.29, 0.717) is 6.42 Å². The monoisotopic (exact) mass is 443 g/mol. The molecule has 2 aromatic rings. The molecule has 0 spiro atoms. The number of nitrogens with one attached hydrogen (secondary N) is 1. The van der Waals surface area contributed by atoms with Crippen LogP contribution in [0.25, 0.3) is 0 Å². The molecule has 1 saturated heterocycles. The van der Waals surface area contributed by atoms with Crippen LogP contribution in [0.15, 0.2) is 24.3 Å². The number of carbonyl (C=O) groups excluding carboxylic acids is 1. The molecule has 0 aliphatic carbocycles. The van der Waals surface area contributed by atoms with E-state index in [1.807, 2.05) is 0 Å². The number of nitrogens with zero attached hydrogens (tertiary/aromatic N) is 4. The van der Waals surface area contributed by atoms with Crippen molar-refractivity contribution in [3.63, 3.8) is 0 Å². The fraction of sp³-hybridized carbons (Fsp3) is 0.625. The molecule has 1 aromatic carbocycles. The molecule has 3 rings (SSSR count). The van der Waals surface area contributed by atoms with E-state index in [4.69, 9.17) is 4.98 Å². The van der Waals surface area contributed by atoms with Gasteiger partial charge in [-0.3, -0.25) is 9.69 Å². The van der Waals surface area contributed by atoms with Gasteiger partial charge in [-0.1, -0.05) is 62.4 Å². The first-order valence-electron chi connectivity index (χ1n) is 11.8. The second-order valence-corrected chi connectivity index (χ2v) is 9.23. The molecule has 6 nitrogen and oxygen atoms in total. The molecule has 1 amide bonds. The van der Waals surface area contributed by atoms with Crippen LogP contribution in [0.1, 0.15) is 62.4 Å². The van der Waals surface area contributed by atoms with Gasteiger partial charge in [-0.05, 0) is 18.9 Å². The van der Waals surface area contributed by atoms with E-state index >= 15 is 0 Å². The second kappa shape index (κ2) is 12.8. The molecule has 0 saturated carbocycles. The highest BCUT2D eigenvalue weighted by Crippen LogP contribution is 2.20. The van der Waals surface area contributed by atoms with Crippen LogP contribution in [0.5, 0.6) is 0 Å². The van der Waals surface area contributed by atoms with E-state index < -0.39 is 0 Å². The van der Waals surface area contributed by atoms with Gasteiger partial charge in [0.25, 0.3) is 0 Å². The molecule has 1 aromatic heterocycles. The minimum Gasteiger partial charge on any atom is -0.355 e. The third-order valence-corrected chi connectivity index (χ3v) is 6.66. The second-order valence-electron chi connectivity index (χ2n) is 8.50. The maximum Gasteiger partial charge on any atom is 0.220 e. The van der Waals surface area contributed by atoms with Crippen molar-refractivity contribution in [2.75, 3.05) is 44.2 Å². The quantitative estimate of drug-likeness (QED) is 0.502. The molecule has 2 heterocycles. The number of unbranched alkanes of at least 4 members (excludes halogenated alkanes) is 4. The highest BCUT2D eigenvalue weighted by Gasteiger charge is 2.20. The highest BCUT2D eigenvalue weighted by atomic mass is 32.1. The van der Waals surface area contributed by atoms with Crippen LogP contribution < -0.4 is 10.2 Å². The summed E-state index contributed by atoms with van der Waals surface area (Å²) in [5.41, 5.74) is 2.53. The van der Waals surface area contributed by atoms with Gasteiger partial charge >= 0.3 is 0 Å². The maximum atomic E-state index is 12.0. The lowest BCUT2D eigenvalue weighted by Crippen LogP contribution is -2.48. The smallest absolute Gasteiger partial charge is 0.220 e. The average Bonchev–Trinajstić information content (AvgIpc) is 3.24. The van der Waals surface area contributed by atoms with Crippen molar-refractivity contribution >= 4 is 22.6 Å². The summed E-state index contributed by atoms with van der Waals surface area (Å²) in [6.45, 7) is 9.91. The number of hydrogen-bond donors (Lipinski definition) is 1. The van der Waals surface area contributed by atoms with Gasteiger partial charge in [-0.25, -0.2) is 4.98 Å². The van der Waals surface area contributed by atoms with Crippen LogP contribution in [-0.2, 0) is 11.2 Å². The Morgan fingerprint density at radius 3 is 2.55 bits per heavy atom. The van der Waals surface area contributed by atoms with E-state index in [-0.39, 0.29) is 5.91 Å². The van der Waals surface area contributed by atoms with Gasteiger partial charge in [-0.2, -0.15) is 4.37 Å². The minimum absolute atomic E-state index is 0.199. The third-order valence-electron chi connectivity index (χ3n) is 5.84. The van der Waals surface area contributed by atoms with Crippen LogP contribution in [0.4, 0.5) is 5.13 Å². The fourth-order valence-electron chi connectivity index (χ4n) is 3.83. The predicted octanol–water partition coefficient (Wildman–Crippen LogP) is 4.04. The van der Waals surface area contributed by atoms with Crippen LogP contribution in [-0.4, -0.2) is 59.4 Å². The average molecular weight is 444 g/mol. The van der Waals surface area contributed by atoms with Crippen LogP contribution in [0, 0.1) is 6.92 Å². The van der Waals surface area contributed by atoms with Crippen LogP contribution >= 0.6 is 11.5 Å². The first-order chi connectivity index (χ1) is 15.1. The van der Waals surface area contributed by atoms with Gasteiger partial charge in [0, 0.05) is 63.6 Å². The molecule has 1 N–H and O–H groups in total. The van der Waals surface area contributed by atoms with E-state index in [1.54, 1.807) is 0 Å². The molecule has 0 radical (unpaired) electrons. The molecule has 0 bridgehead atoms. The lowest BCUT2D eigenvalue weighted by molar-refractivity contribution is -0.121. The molecule has 1 fully saturated rings. The summed E-state index contributed by atoms with van der Waals surface area (Å²) < 4.78 is 4.57. The molecule has 0 unspecified atom stereocenters. The summed E-state index contributed by atoms with van der Waals surface area (Å²) in [4.78, 5) is 21.5. The Morgan fingerprint density at radius 1 is 1.06 bits per heavy atom. The molecule has 31 heavy (non-hydrogen) atoms. The Bertz CT molecular complexity index is 784. The Hall–Kier alpha value is -1.99. The van der Waals surface area contributed by atoms with Crippen molar-refractivity contribution in [2.24, 2.45) is 0 Å². The summed E-state index contributed by atoms with van der Waals surface area (Å²) in [5, 5.41) is 4.11. The lowest BCUT2D eigenvalue weighted by Gasteiger charge is -2.34. The van der Waals surface area contributed by atoms with Crippen LogP contribution in [0.2, 0.25) is 0 Å². The predicted molar refractivity (Wildman–Crippen MR) is 129 cm³/mol. The fourth-order valence-corrected chi connectivity index (χ4v) is 4.56. The first-order valence-corrected chi connectivity index (χ1v) is 12.5. The number of aromatic nitrogens is 2.